The number of rotatable bonds is 3. The molecule has 6 heteroatoms. The van der Waals surface area contributed by atoms with Crippen LogP contribution in [0.15, 0.2) is 30.3 Å². The van der Waals surface area contributed by atoms with Crippen LogP contribution in [0.3, 0.4) is 0 Å². The van der Waals surface area contributed by atoms with Gasteiger partial charge in [0.25, 0.3) is 0 Å². The van der Waals surface area contributed by atoms with Gasteiger partial charge in [0.05, 0.1) is 12.6 Å². The van der Waals surface area contributed by atoms with Crippen molar-refractivity contribution < 1.29 is 4.74 Å². The highest BCUT2D eigenvalue weighted by Gasteiger charge is 2.17. The lowest BCUT2D eigenvalue weighted by atomic mass is 10.2. The van der Waals surface area contributed by atoms with Gasteiger partial charge < -0.3 is 10.1 Å². The minimum absolute atomic E-state index is 0.190. The molecular weight excluding hydrogens is 264 g/mol. The van der Waals surface area contributed by atoms with Gasteiger partial charge in [-0.25, -0.2) is 0 Å². The standard InChI is InChI=1S/C13H13ClN4O/c14-12-16-11(9-4-2-1-3-5-9)17-13(18-12)15-10-6-7-19-8-10/h1-5,10H,6-8H2,(H,15,16,17,18). The van der Waals surface area contributed by atoms with Gasteiger partial charge in [-0.2, -0.15) is 15.0 Å². The highest BCUT2D eigenvalue weighted by molar-refractivity contribution is 6.28. The van der Waals surface area contributed by atoms with Gasteiger partial charge in [0, 0.05) is 12.2 Å². The molecule has 1 unspecified atom stereocenters. The Bertz CT molecular complexity index is 558. The first kappa shape index (κ1) is 12.3. The van der Waals surface area contributed by atoms with Crippen LogP contribution in [-0.2, 0) is 4.74 Å². The monoisotopic (exact) mass is 276 g/mol. The van der Waals surface area contributed by atoms with Crippen LogP contribution in [0.2, 0.25) is 5.28 Å². The molecule has 1 aromatic heterocycles. The van der Waals surface area contributed by atoms with Crippen molar-refractivity contribution >= 4 is 17.5 Å². The van der Waals surface area contributed by atoms with Crippen molar-refractivity contribution in [3.63, 3.8) is 0 Å². The molecule has 2 heterocycles. The Balaban J connectivity index is 1.87. The van der Waals surface area contributed by atoms with Gasteiger partial charge in [-0.1, -0.05) is 30.3 Å². The normalized spacial score (nSPS) is 18.5. The van der Waals surface area contributed by atoms with E-state index in [-0.39, 0.29) is 11.3 Å². The van der Waals surface area contributed by atoms with Gasteiger partial charge in [0.2, 0.25) is 11.2 Å². The third-order valence-corrected chi connectivity index (χ3v) is 3.07. The molecule has 0 radical (unpaired) electrons. The minimum Gasteiger partial charge on any atom is -0.379 e. The van der Waals surface area contributed by atoms with Crippen LogP contribution in [0.25, 0.3) is 11.4 Å². The Morgan fingerprint density at radius 3 is 2.74 bits per heavy atom. The maximum atomic E-state index is 5.95. The number of aromatic nitrogens is 3. The van der Waals surface area contributed by atoms with Crippen molar-refractivity contribution in [3.05, 3.63) is 35.6 Å². The molecule has 0 saturated carbocycles. The predicted molar refractivity (Wildman–Crippen MR) is 73.1 cm³/mol. The first-order chi connectivity index (χ1) is 9.31. The molecule has 5 nitrogen and oxygen atoms in total. The molecule has 3 rings (SSSR count). The lowest BCUT2D eigenvalue weighted by molar-refractivity contribution is 0.195. The van der Waals surface area contributed by atoms with Crippen LogP contribution in [0, 0.1) is 0 Å². The van der Waals surface area contributed by atoms with E-state index in [1.165, 1.54) is 0 Å². The van der Waals surface area contributed by atoms with E-state index in [0.29, 0.717) is 18.4 Å². The molecule has 1 aliphatic heterocycles. The maximum absolute atomic E-state index is 5.95. The van der Waals surface area contributed by atoms with Crippen LogP contribution in [0.4, 0.5) is 5.95 Å². The van der Waals surface area contributed by atoms with E-state index in [2.05, 4.69) is 20.3 Å². The number of anilines is 1. The van der Waals surface area contributed by atoms with Crippen molar-refractivity contribution in [3.8, 4) is 11.4 Å². The van der Waals surface area contributed by atoms with E-state index in [1.807, 2.05) is 30.3 Å². The highest BCUT2D eigenvalue weighted by atomic mass is 35.5. The molecule has 1 fully saturated rings. The predicted octanol–water partition coefficient (Wildman–Crippen LogP) is 2.39. The van der Waals surface area contributed by atoms with Crippen LogP contribution in [0.5, 0.6) is 0 Å². The highest BCUT2D eigenvalue weighted by Crippen LogP contribution is 2.18. The molecule has 1 saturated heterocycles. The van der Waals surface area contributed by atoms with E-state index >= 15 is 0 Å². The van der Waals surface area contributed by atoms with Crippen molar-refractivity contribution in [2.45, 2.75) is 12.5 Å². The van der Waals surface area contributed by atoms with Crippen LogP contribution < -0.4 is 5.32 Å². The Kier molecular flexibility index (Phi) is 3.57. The second-order valence-corrected chi connectivity index (χ2v) is 4.66. The number of nitrogens with one attached hydrogen (secondary N) is 1. The van der Waals surface area contributed by atoms with Crippen molar-refractivity contribution in [1.29, 1.82) is 0 Å². The third-order valence-electron chi connectivity index (χ3n) is 2.90. The lowest BCUT2D eigenvalue weighted by Gasteiger charge is -2.11. The molecule has 1 N–H and O–H groups in total. The Morgan fingerprint density at radius 2 is 2.00 bits per heavy atom. The summed E-state index contributed by atoms with van der Waals surface area (Å²) in [6.07, 6.45) is 0.948. The summed E-state index contributed by atoms with van der Waals surface area (Å²) in [7, 11) is 0. The molecular formula is C13H13ClN4O. The average molecular weight is 277 g/mol. The Morgan fingerprint density at radius 1 is 1.16 bits per heavy atom. The first-order valence-electron chi connectivity index (χ1n) is 6.12. The number of benzene rings is 1. The van der Waals surface area contributed by atoms with Gasteiger partial charge in [-0.3, -0.25) is 0 Å². The first-order valence-corrected chi connectivity index (χ1v) is 6.50. The van der Waals surface area contributed by atoms with E-state index in [1.54, 1.807) is 0 Å². The molecule has 1 aromatic carbocycles. The van der Waals surface area contributed by atoms with Crippen LogP contribution in [0.1, 0.15) is 6.42 Å². The Labute approximate surface area is 116 Å². The molecule has 98 valence electrons. The largest absolute Gasteiger partial charge is 0.379 e. The zero-order valence-corrected chi connectivity index (χ0v) is 11.0. The van der Waals surface area contributed by atoms with Crippen molar-refractivity contribution in [1.82, 2.24) is 15.0 Å². The molecule has 0 amide bonds. The summed E-state index contributed by atoms with van der Waals surface area (Å²) in [5.41, 5.74) is 0.914. The number of hydrogen-bond donors (Lipinski definition) is 1. The van der Waals surface area contributed by atoms with Crippen molar-refractivity contribution in [2.75, 3.05) is 18.5 Å². The van der Waals surface area contributed by atoms with E-state index < -0.39 is 0 Å². The van der Waals surface area contributed by atoms with E-state index in [0.717, 1.165) is 18.6 Å². The molecule has 0 bridgehead atoms. The van der Waals surface area contributed by atoms with Gasteiger partial charge in [-0.15, -0.1) is 0 Å². The minimum atomic E-state index is 0.190. The number of ether oxygens (including phenoxy) is 1. The maximum Gasteiger partial charge on any atom is 0.227 e. The lowest BCUT2D eigenvalue weighted by Crippen LogP contribution is -2.21. The molecule has 0 aliphatic carbocycles. The summed E-state index contributed by atoms with van der Waals surface area (Å²) in [4.78, 5) is 12.6. The third kappa shape index (κ3) is 3.00. The van der Waals surface area contributed by atoms with Gasteiger partial charge in [0.1, 0.15) is 0 Å². The Hall–Kier alpha value is -1.72. The van der Waals surface area contributed by atoms with Gasteiger partial charge in [-0.05, 0) is 18.0 Å². The van der Waals surface area contributed by atoms with Gasteiger partial charge >= 0.3 is 0 Å². The second kappa shape index (κ2) is 5.50. The topological polar surface area (TPSA) is 59.9 Å². The molecule has 1 aliphatic rings. The van der Waals surface area contributed by atoms with Crippen LogP contribution >= 0.6 is 11.6 Å². The SMILES string of the molecule is Clc1nc(NC2CCOC2)nc(-c2ccccc2)n1. The average Bonchev–Trinajstić information content (AvgIpc) is 2.92. The molecule has 19 heavy (non-hydrogen) atoms. The zero-order valence-electron chi connectivity index (χ0n) is 10.2. The van der Waals surface area contributed by atoms with E-state index in [9.17, 15) is 0 Å². The summed E-state index contributed by atoms with van der Waals surface area (Å²) in [5.74, 6) is 1.07. The quantitative estimate of drug-likeness (QED) is 0.933. The molecule has 0 spiro atoms. The van der Waals surface area contributed by atoms with Gasteiger partial charge in [0.15, 0.2) is 5.82 Å². The number of nitrogens with zero attached hydrogens (tertiary/aromatic N) is 3. The van der Waals surface area contributed by atoms with Crippen LogP contribution in [-0.4, -0.2) is 34.2 Å². The fourth-order valence-electron chi connectivity index (χ4n) is 1.96. The van der Waals surface area contributed by atoms with E-state index in [4.69, 9.17) is 16.3 Å². The molecule has 2 aromatic rings. The number of halogens is 1. The summed E-state index contributed by atoms with van der Waals surface area (Å²) in [5, 5.41) is 3.41. The fraction of sp³-hybridized carbons (Fsp3) is 0.308. The summed E-state index contributed by atoms with van der Waals surface area (Å²) < 4.78 is 5.31. The zero-order chi connectivity index (χ0) is 13.1. The summed E-state index contributed by atoms with van der Waals surface area (Å²) >= 11 is 5.95. The summed E-state index contributed by atoms with van der Waals surface area (Å²) in [6.45, 7) is 1.44. The second-order valence-electron chi connectivity index (χ2n) is 4.32. The smallest absolute Gasteiger partial charge is 0.227 e. The molecule has 1 atom stereocenters. The van der Waals surface area contributed by atoms with Crippen molar-refractivity contribution in [2.24, 2.45) is 0 Å². The fourth-order valence-corrected chi connectivity index (χ4v) is 2.12. The number of hydrogen-bond acceptors (Lipinski definition) is 5. The summed E-state index contributed by atoms with van der Waals surface area (Å²) in [6, 6.07) is 9.93.